The Bertz CT molecular complexity index is 1940. The molecule has 15 heteroatoms. The zero-order chi connectivity index (χ0) is 35.5. The monoisotopic (exact) mass is 680 g/mol. The first kappa shape index (κ1) is 34.6. The van der Waals surface area contributed by atoms with Crippen LogP contribution in [0.25, 0.3) is 0 Å². The summed E-state index contributed by atoms with van der Waals surface area (Å²) in [5.74, 6) is -4.66. The lowest BCUT2D eigenvalue weighted by Gasteiger charge is -2.31. The van der Waals surface area contributed by atoms with E-state index in [0.717, 1.165) is 7.11 Å². The van der Waals surface area contributed by atoms with Gasteiger partial charge in [-0.2, -0.15) is 0 Å². The second kappa shape index (κ2) is 16.4. The normalized spacial score (nSPS) is 12.4. The third kappa shape index (κ3) is 8.57. The van der Waals surface area contributed by atoms with Crippen LogP contribution < -0.4 is 0 Å². The van der Waals surface area contributed by atoms with E-state index in [2.05, 4.69) is 19.9 Å². The maximum atomic E-state index is 13.6. The molecular weight excluding hydrogens is 652 g/mol. The summed E-state index contributed by atoms with van der Waals surface area (Å²) in [6, 6.07) is 12.9. The van der Waals surface area contributed by atoms with E-state index in [4.69, 9.17) is 28.1 Å². The highest BCUT2D eigenvalue weighted by Crippen LogP contribution is 2.33. The maximum absolute atomic E-state index is 13.6. The molecule has 3 atom stereocenters. The molecule has 254 valence electrons. The Labute approximate surface area is 284 Å². The summed E-state index contributed by atoms with van der Waals surface area (Å²) in [7, 11) is 1.16. The van der Waals surface area contributed by atoms with Crippen LogP contribution in [0.15, 0.2) is 109 Å². The minimum atomic E-state index is -1.79. The predicted molar refractivity (Wildman–Crippen MR) is 169 cm³/mol. The molecule has 0 aromatic carbocycles. The van der Waals surface area contributed by atoms with E-state index in [9.17, 15) is 24.0 Å². The van der Waals surface area contributed by atoms with Crippen molar-refractivity contribution in [1.29, 1.82) is 0 Å². The Morgan fingerprint density at radius 3 is 1.56 bits per heavy atom. The molecule has 0 bridgehead atoms. The van der Waals surface area contributed by atoms with Crippen LogP contribution in [-0.2, 0) is 23.7 Å². The molecule has 0 spiro atoms. The average Bonchev–Trinajstić information content (AvgIpc) is 3.56. The minimum absolute atomic E-state index is 0.000790. The number of methoxy groups -OCH3 is 1. The van der Waals surface area contributed by atoms with Crippen molar-refractivity contribution >= 4 is 29.8 Å². The van der Waals surface area contributed by atoms with Gasteiger partial charge in [-0.05, 0) is 61.5 Å². The van der Waals surface area contributed by atoms with Crippen molar-refractivity contribution in [2.45, 2.75) is 25.2 Å². The molecule has 0 N–H and O–H groups in total. The van der Waals surface area contributed by atoms with Gasteiger partial charge in [0, 0.05) is 49.6 Å². The van der Waals surface area contributed by atoms with E-state index in [-0.39, 0.29) is 39.3 Å². The third-order valence-electron chi connectivity index (χ3n) is 6.99. The first-order valence-corrected chi connectivity index (χ1v) is 14.8. The number of furan rings is 1. The summed E-state index contributed by atoms with van der Waals surface area (Å²) >= 11 is 0. The van der Waals surface area contributed by atoms with Crippen LogP contribution in [0.5, 0.6) is 0 Å². The fraction of sp³-hybridized carbons (Fsp3) is 0.171. The number of esters is 5. The molecule has 5 rings (SSSR count). The lowest BCUT2D eigenvalue weighted by atomic mass is 10.0. The average molecular weight is 681 g/mol. The number of carbonyl (C=O) groups is 5. The first-order valence-electron chi connectivity index (χ1n) is 14.8. The molecule has 0 saturated heterocycles. The lowest BCUT2D eigenvalue weighted by molar-refractivity contribution is -0.107. The molecular formula is C35H28N4O11. The molecule has 0 fully saturated rings. The second-order valence-corrected chi connectivity index (χ2v) is 10.3. The van der Waals surface area contributed by atoms with Gasteiger partial charge in [-0.3, -0.25) is 19.9 Å². The Kier molecular flexibility index (Phi) is 11.3. The fourth-order valence-corrected chi connectivity index (χ4v) is 4.53. The highest BCUT2D eigenvalue weighted by Gasteiger charge is 2.43. The fourth-order valence-electron chi connectivity index (χ4n) is 4.53. The number of hydrogen-bond acceptors (Lipinski definition) is 15. The van der Waals surface area contributed by atoms with Crippen molar-refractivity contribution in [2.75, 3.05) is 13.7 Å². The van der Waals surface area contributed by atoms with Crippen molar-refractivity contribution in [1.82, 2.24) is 19.9 Å². The quantitative estimate of drug-likeness (QED) is 0.127. The summed E-state index contributed by atoms with van der Waals surface area (Å²) in [5, 5.41) is 0. The van der Waals surface area contributed by atoms with Gasteiger partial charge in [0.1, 0.15) is 23.7 Å². The van der Waals surface area contributed by atoms with Crippen LogP contribution in [0.1, 0.15) is 69.4 Å². The molecule has 0 saturated carbocycles. The van der Waals surface area contributed by atoms with Gasteiger partial charge in [0.15, 0.2) is 18.3 Å². The number of hydrogen-bond donors (Lipinski definition) is 0. The van der Waals surface area contributed by atoms with Crippen molar-refractivity contribution < 1.29 is 52.1 Å². The number of nitrogens with zero attached hydrogens (tertiary/aromatic N) is 4. The number of carbonyl (C=O) groups excluding carboxylic acids is 5. The maximum Gasteiger partial charge on any atom is 0.341 e. The van der Waals surface area contributed by atoms with E-state index in [1.807, 2.05) is 0 Å². The van der Waals surface area contributed by atoms with Crippen LogP contribution in [-0.4, -0.2) is 75.7 Å². The van der Waals surface area contributed by atoms with Crippen molar-refractivity contribution in [3.8, 4) is 0 Å². The summed E-state index contributed by atoms with van der Waals surface area (Å²) in [6.45, 7) is 0.733. The van der Waals surface area contributed by atoms with E-state index in [1.165, 1.54) is 111 Å². The SMILES string of the molecule is COC(=O)c1cc([C@H](OC(=O)c2cccnc2)[C@@H](OC(=O)c2cccnc2)[C@@H](COC(=O)c2cccnc2)OC(=O)c2cccnc2)oc1C. The number of aromatic nitrogens is 4. The molecule has 0 radical (unpaired) electrons. The van der Waals surface area contributed by atoms with Crippen LogP contribution in [0.2, 0.25) is 0 Å². The van der Waals surface area contributed by atoms with Gasteiger partial charge in [-0.1, -0.05) is 0 Å². The summed E-state index contributed by atoms with van der Waals surface area (Å²) < 4.78 is 33.9. The lowest BCUT2D eigenvalue weighted by Crippen LogP contribution is -2.44. The van der Waals surface area contributed by atoms with Crippen molar-refractivity contribution in [3.05, 3.63) is 144 Å². The number of rotatable bonds is 13. The Morgan fingerprint density at radius 2 is 1.10 bits per heavy atom. The molecule has 5 aromatic rings. The van der Waals surface area contributed by atoms with Gasteiger partial charge >= 0.3 is 29.8 Å². The molecule has 15 nitrogen and oxygen atoms in total. The molecule has 50 heavy (non-hydrogen) atoms. The van der Waals surface area contributed by atoms with Crippen molar-refractivity contribution in [3.63, 3.8) is 0 Å². The van der Waals surface area contributed by atoms with Crippen LogP contribution in [0, 0.1) is 6.92 Å². The van der Waals surface area contributed by atoms with Crippen LogP contribution in [0.3, 0.4) is 0 Å². The second-order valence-electron chi connectivity index (χ2n) is 10.3. The summed E-state index contributed by atoms with van der Waals surface area (Å²) in [6.07, 6.45) is 5.52. The molecule has 0 unspecified atom stereocenters. The predicted octanol–water partition coefficient (Wildman–Crippen LogP) is 4.16. The molecule has 0 aliphatic rings. The van der Waals surface area contributed by atoms with Gasteiger partial charge in [0.25, 0.3) is 0 Å². The van der Waals surface area contributed by atoms with Gasteiger partial charge in [-0.25, -0.2) is 24.0 Å². The Balaban J connectivity index is 1.62. The highest BCUT2D eigenvalue weighted by molar-refractivity contribution is 5.92. The van der Waals surface area contributed by atoms with E-state index in [1.54, 1.807) is 0 Å². The standard InChI is InChI=1S/C35H28N4O11/c1-21-26(35(44)45-2)15-27(47-21)29(49-33(42)24-9-5-13-38-18-24)30(50-34(43)25-10-6-14-39-19-25)28(48-32(41)23-8-4-12-37-17-23)20-46-31(40)22-7-3-11-36-16-22/h3-19,28-30H,20H2,1-2H3/t28-,29+,30+/m1/s1. The first-order chi connectivity index (χ1) is 24.2. The third-order valence-corrected chi connectivity index (χ3v) is 6.99. The van der Waals surface area contributed by atoms with Gasteiger partial charge in [-0.15, -0.1) is 0 Å². The molecule has 0 amide bonds. The van der Waals surface area contributed by atoms with Crippen LogP contribution in [0.4, 0.5) is 0 Å². The molecule has 5 heterocycles. The number of pyridine rings is 4. The van der Waals surface area contributed by atoms with E-state index in [0.29, 0.717) is 0 Å². The highest BCUT2D eigenvalue weighted by atomic mass is 16.6. The topological polar surface area (TPSA) is 196 Å². The number of aryl methyl sites for hydroxylation is 1. The van der Waals surface area contributed by atoms with E-state index >= 15 is 0 Å². The summed E-state index contributed by atoms with van der Waals surface area (Å²) in [4.78, 5) is 81.9. The smallest absolute Gasteiger partial charge is 0.341 e. The van der Waals surface area contributed by atoms with Gasteiger partial charge in [0.05, 0.1) is 29.4 Å². The zero-order valence-corrected chi connectivity index (χ0v) is 26.5. The molecule has 5 aromatic heterocycles. The Hall–Kier alpha value is -6.77. The minimum Gasteiger partial charge on any atom is -0.465 e. The Morgan fingerprint density at radius 1 is 0.640 bits per heavy atom. The van der Waals surface area contributed by atoms with Gasteiger partial charge < -0.3 is 28.1 Å². The number of ether oxygens (including phenoxy) is 5. The van der Waals surface area contributed by atoms with E-state index < -0.39 is 54.8 Å². The molecule has 0 aliphatic heterocycles. The van der Waals surface area contributed by atoms with Crippen molar-refractivity contribution in [2.24, 2.45) is 0 Å². The summed E-state index contributed by atoms with van der Waals surface area (Å²) in [5.41, 5.74) is 0.00890. The molecule has 0 aliphatic carbocycles. The van der Waals surface area contributed by atoms with Gasteiger partial charge in [0.2, 0.25) is 0 Å². The van der Waals surface area contributed by atoms with Crippen LogP contribution >= 0.6 is 0 Å². The zero-order valence-electron chi connectivity index (χ0n) is 26.5. The largest absolute Gasteiger partial charge is 0.465 e.